The summed E-state index contributed by atoms with van der Waals surface area (Å²) in [7, 11) is 3.29. The number of nitrogens with one attached hydrogen (secondary N) is 2. The maximum atomic E-state index is 11.2. The highest BCUT2D eigenvalue weighted by Crippen LogP contribution is 2.18. The topological polar surface area (TPSA) is 68.2 Å². The molecule has 0 bridgehead atoms. The first-order chi connectivity index (χ1) is 8.39. The fraction of sp³-hybridized carbons (Fsp3) is 0.667. The number of carbonyl (C=O) groups excluding carboxylic acids is 1. The Labute approximate surface area is 108 Å². The predicted octanol–water partition coefficient (Wildman–Crippen LogP) is 0.854. The van der Waals surface area contributed by atoms with Gasteiger partial charge in [-0.25, -0.2) is 0 Å². The van der Waals surface area contributed by atoms with Gasteiger partial charge in [0.05, 0.1) is 23.5 Å². The monoisotopic (exact) mass is 254 g/mol. The fourth-order valence-corrected chi connectivity index (χ4v) is 1.35. The summed E-state index contributed by atoms with van der Waals surface area (Å²) in [6, 6.07) is 0.125. The highest BCUT2D eigenvalue weighted by molar-refractivity contribution is 5.75. The van der Waals surface area contributed by atoms with Crippen LogP contribution >= 0.6 is 0 Å². The van der Waals surface area contributed by atoms with Gasteiger partial charge in [0.2, 0.25) is 5.91 Å². The van der Waals surface area contributed by atoms with Crippen LogP contribution < -0.4 is 10.6 Å². The van der Waals surface area contributed by atoms with Crippen LogP contribution in [0.25, 0.3) is 0 Å². The lowest BCUT2D eigenvalue weighted by Crippen LogP contribution is -2.41. The molecular weight excluding hydrogens is 232 g/mol. The third-order valence-corrected chi connectivity index (χ3v) is 3.17. The van der Waals surface area contributed by atoms with Crippen LogP contribution in [0.5, 0.6) is 0 Å². The third-order valence-electron chi connectivity index (χ3n) is 3.17. The first-order valence-electron chi connectivity index (χ1n) is 5.93. The van der Waals surface area contributed by atoms with E-state index in [-0.39, 0.29) is 24.1 Å². The van der Waals surface area contributed by atoms with E-state index < -0.39 is 0 Å². The van der Waals surface area contributed by atoms with E-state index in [1.54, 1.807) is 31.2 Å². The second-order valence-electron chi connectivity index (χ2n) is 4.77. The van der Waals surface area contributed by atoms with Crippen LogP contribution in [0, 0.1) is 0 Å². The molecule has 18 heavy (non-hydrogen) atoms. The van der Waals surface area contributed by atoms with Crippen LogP contribution in [0.4, 0.5) is 5.69 Å². The quantitative estimate of drug-likeness (QED) is 0.790. The standard InChI is InChI=1S/C12H22N4O2/c1-9(12(2,3)18-5)15-10-6-14-16(7-10)8-11(17)13-4/h6-7,9,15H,8H2,1-5H3,(H,13,17). The number of amides is 1. The third kappa shape index (κ3) is 3.73. The first-order valence-corrected chi connectivity index (χ1v) is 5.93. The smallest absolute Gasteiger partial charge is 0.241 e. The number of aromatic nitrogens is 2. The lowest BCUT2D eigenvalue weighted by atomic mass is 10.0. The van der Waals surface area contributed by atoms with E-state index in [0.29, 0.717) is 0 Å². The summed E-state index contributed by atoms with van der Waals surface area (Å²) in [5.74, 6) is -0.0741. The Morgan fingerprint density at radius 1 is 1.61 bits per heavy atom. The van der Waals surface area contributed by atoms with E-state index >= 15 is 0 Å². The molecule has 6 heteroatoms. The molecule has 0 aromatic carbocycles. The Morgan fingerprint density at radius 3 is 2.83 bits per heavy atom. The van der Waals surface area contributed by atoms with Gasteiger partial charge >= 0.3 is 0 Å². The molecule has 0 aliphatic carbocycles. The van der Waals surface area contributed by atoms with Gasteiger partial charge in [0.15, 0.2) is 0 Å². The minimum atomic E-state index is -0.275. The Hall–Kier alpha value is -1.56. The lowest BCUT2D eigenvalue weighted by Gasteiger charge is -2.31. The highest BCUT2D eigenvalue weighted by atomic mass is 16.5. The molecular formula is C12H22N4O2. The number of likely N-dealkylation sites (N-methyl/N-ethyl adjacent to an activating group) is 1. The van der Waals surface area contributed by atoms with E-state index in [2.05, 4.69) is 15.7 Å². The predicted molar refractivity (Wildman–Crippen MR) is 70.5 cm³/mol. The molecule has 1 atom stereocenters. The van der Waals surface area contributed by atoms with E-state index in [9.17, 15) is 4.79 Å². The van der Waals surface area contributed by atoms with Crippen molar-refractivity contribution in [2.24, 2.45) is 0 Å². The molecule has 1 amide bonds. The van der Waals surface area contributed by atoms with E-state index in [1.807, 2.05) is 20.8 Å². The van der Waals surface area contributed by atoms with Crippen molar-refractivity contribution in [1.82, 2.24) is 15.1 Å². The van der Waals surface area contributed by atoms with E-state index in [1.165, 1.54) is 0 Å². The molecule has 0 spiro atoms. The molecule has 0 aliphatic rings. The van der Waals surface area contributed by atoms with Crippen molar-refractivity contribution >= 4 is 11.6 Å². The molecule has 0 fully saturated rings. The number of methoxy groups -OCH3 is 1. The summed E-state index contributed by atoms with van der Waals surface area (Å²) < 4.78 is 7.00. The number of anilines is 1. The molecule has 6 nitrogen and oxygen atoms in total. The maximum Gasteiger partial charge on any atom is 0.241 e. The van der Waals surface area contributed by atoms with Gasteiger partial charge < -0.3 is 15.4 Å². The van der Waals surface area contributed by atoms with Crippen molar-refractivity contribution in [2.45, 2.75) is 39.0 Å². The van der Waals surface area contributed by atoms with Crippen molar-refractivity contribution in [3.8, 4) is 0 Å². The molecule has 0 saturated carbocycles. The molecule has 1 aromatic rings. The Morgan fingerprint density at radius 2 is 2.28 bits per heavy atom. The average molecular weight is 254 g/mol. The molecule has 0 saturated heterocycles. The zero-order valence-electron chi connectivity index (χ0n) is 11.7. The minimum absolute atomic E-state index is 0.0741. The fourth-order valence-electron chi connectivity index (χ4n) is 1.35. The van der Waals surface area contributed by atoms with Crippen molar-refractivity contribution in [1.29, 1.82) is 0 Å². The molecule has 1 aromatic heterocycles. The molecule has 102 valence electrons. The van der Waals surface area contributed by atoms with Gasteiger partial charge in [-0.05, 0) is 20.8 Å². The molecule has 1 unspecified atom stereocenters. The van der Waals surface area contributed by atoms with Crippen molar-refractivity contribution in [3.05, 3.63) is 12.4 Å². The molecule has 0 aliphatic heterocycles. The molecule has 2 N–H and O–H groups in total. The van der Waals surface area contributed by atoms with Gasteiger partial charge in [0.1, 0.15) is 6.54 Å². The number of nitrogens with zero attached hydrogens (tertiary/aromatic N) is 2. The summed E-state index contributed by atoms with van der Waals surface area (Å²) >= 11 is 0. The van der Waals surface area contributed by atoms with Crippen molar-refractivity contribution in [3.63, 3.8) is 0 Å². The summed E-state index contributed by atoms with van der Waals surface area (Å²) in [4.78, 5) is 11.2. The van der Waals surface area contributed by atoms with Crippen molar-refractivity contribution < 1.29 is 9.53 Å². The second-order valence-corrected chi connectivity index (χ2v) is 4.77. The zero-order valence-corrected chi connectivity index (χ0v) is 11.7. The van der Waals surface area contributed by atoms with Crippen LogP contribution in [0.2, 0.25) is 0 Å². The van der Waals surface area contributed by atoms with Gasteiger partial charge in [-0.3, -0.25) is 9.48 Å². The Bertz CT molecular complexity index is 401. The number of ether oxygens (including phenoxy) is 1. The van der Waals surface area contributed by atoms with E-state index in [0.717, 1.165) is 5.69 Å². The van der Waals surface area contributed by atoms with Crippen molar-refractivity contribution in [2.75, 3.05) is 19.5 Å². The first kappa shape index (κ1) is 14.5. The van der Waals surface area contributed by atoms with Crippen LogP contribution in [0.15, 0.2) is 12.4 Å². The van der Waals surface area contributed by atoms with Crippen LogP contribution in [0.3, 0.4) is 0 Å². The summed E-state index contributed by atoms with van der Waals surface area (Å²) in [6.07, 6.45) is 3.50. The van der Waals surface area contributed by atoms with Gasteiger partial charge in [0, 0.05) is 20.4 Å². The maximum absolute atomic E-state index is 11.2. The minimum Gasteiger partial charge on any atom is -0.377 e. The summed E-state index contributed by atoms with van der Waals surface area (Å²) in [5, 5.41) is 9.98. The number of hydrogen-bond acceptors (Lipinski definition) is 4. The van der Waals surface area contributed by atoms with Gasteiger partial charge in [-0.1, -0.05) is 0 Å². The lowest BCUT2D eigenvalue weighted by molar-refractivity contribution is -0.121. The van der Waals surface area contributed by atoms with Crippen LogP contribution in [-0.2, 0) is 16.1 Å². The largest absolute Gasteiger partial charge is 0.377 e. The Balaban J connectivity index is 2.61. The second kappa shape index (κ2) is 5.86. The molecule has 0 radical (unpaired) electrons. The molecule has 1 rings (SSSR count). The zero-order chi connectivity index (χ0) is 13.8. The van der Waals surface area contributed by atoms with Gasteiger partial charge in [-0.2, -0.15) is 5.10 Å². The SMILES string of the molecule is CNC(=O)Cn1cc(NC(C)C(C)(C)OC)cn1. The van der Waals surface area contributed by atoms with Crippen LogP contribution in [0.1, 0.15) is 20.8 Å². The van der Waals surface area contributed by atoms with Gasteiger partial charge in [-0.15, -0.1) is 0 Å². The summed E-state index contributed by atoms with van der Waals surface area (Å²) in [5.41, 5.74) is 0.597. The Kier molecular flexibility index (Phi) is 4.72. The summed E-state index contributed by atoms with van der Waals surface area (Å²) in [6.45, 7) is 6.29. The van der Waals surface area contributed by atoms with E-state index in [4.69, 9.17) is 4.74 Å². The number of carbonyl (C=O) groups is 1. The van der Waals surface area contributed by atoms with Crippen LogP contribution in [-0.4, -0.2) is 41.5 Å². The highest BCUT2D eigenvalue weighted by Gasteiger charge is 2.25. The van der Waals surface area contributed by atoms with Gasteiger partial charge in [0.25, 0.3) is 0 Å². The number of rotatable bonds is 6. The average Bonchev–Trinajstić information content (AvgIpc) is 2.76. The molecule has 1 heterocycles. The normalized spacial score (nSPS) is 13.2. The number of hydrogen-bond donors (Lipinski definition) is 2.